The molecule has 0 bridgehead atoms. The van der Waals surface area contributed by atoms with Crippen LogP contribution in [0, 0.1) is 0 Å². The van der Waals surface area contributed by atoms with Gasteiger partial charge in [0.25, 0.3) is 0 Å². The van der Waals surface area contributed by atoms with Gasteiger partial charge in [0.2, 0.25) is 0 Å². The average Bonchev–Trinajstić information content (AvgIpc) is 2.52. The standard InChI is InChI=1S/C8H4N2Te/c1-3-10-8-5(1)7-6(11-8)2-4-9-7/h1-4H. The number of hydrogen-bond acceptors (Lipinski definition) is 2. The third kappa shape index (κ3) is 0.675. The summed E-state index contributed by atoms with van der Waals surface area (Å²) in [5, 5.41) is 0. The van der Waals surface area contributed by atoms with E-state index < -0.39 is 0 Å². The molecule has 2 aliphatic rings. The van der Waals surface area contributed by atoms with Gasteiger partial charge in [-0.25, -0.2) is 0 Å². The van der Waals surface area contributed by atoms with Crippen LogP contribution in [0.1, 0.15) is 5.56 Å². The maximum atomic E-state index is 4.30. The summed E-state index contributed by atoms with van der Waals surface area (Å²) in [4.78, 5) is 8.60. The first-order valence-electron chi connectivity index (χ1n) is 3.37. The van der Waals surface area contributed by atoms with Crippen molar-refractivity contribution in [3.63, 3.8) is 0 Å². The van der Waals surface area contributed by atoms with Gasteiger partial charge in [-0.1, -0.05) is 0 Å². The molecule has 2 nitrogen and oxygen atoms in total. The fraction of sp³-hybridized carbons (Fsp3) is 0. The van der Waals surface area contributed by atoms with E-state index in [9.17, 15) is 0 Å². The molecule has 0 N–H and O–H groups in total. The number of aliphatic imine (C=N–C) groups is 1. The van der Waals surface area contributed by atoms with E-state index in [1.54, 1.807) is 0 Å². The Balaban J connectivity index is 2.60. The normalized spacial score (nSPS) is 16.0. The summed E-state index contributed by atoms with van der Waals surface area (Å²) in [6.45, 7) is 0. The second-order valence-corrected chi connectivity index (χ2v) is 5.36. The molecule has 11 heavy (non-hydrogen) atoms. The van der Waals surface area contributed by atoms with Gasteiger partial charge in [0.1, 0.15) is 0 Å². The first-order valence-corrected chi connectivity index (χ1v) is 5.70. The molecule has 3 rings (SSSR count). The second-order valence-electron chi connectivity index (χ2n) is 2.42. The van der Waals surface area contributed by atoms with E-state index in [4.69, 9.17) is 0 Å². The van der Waals surface area contributed by atoms with Crippen LogP contribution in [0.2, 0.25) is 0 Å². The summed E-state index contributed by atoms with van der Waals surface area (Å²) in [5.41, 5.74) is 2.48. The van der Waals surface area contributed by atoms with Crippen LogP contribution in [0.25, 0.3) is 12.2 Å². The van der Waals surface area contributed by atoms with Crippen molar-refractivity contribution < 1.29 is 0 Å². The summed E-state index contributed by atoms with van der Waals surface area (Å²) >= 11 is -0.171. The van der Waals surface area contributed by atoms with Crippen LogP contribution >= 0.6 is 0 Å². The molecule has 0 unspecified atom stereocenters. The summed E-state index contributed by atoms with van der Waals surface area (Å²) in [5.74, 6) is 0. The van der Waals surface area contributed by atoms with Gasteiger partial charge in [-0.3, -0.25) is 0 Å². The molecule has 0 radical (unpaired) electrons. The molecular weight excluding hydrogens is 252 g/mol. The SMILES string of the molecule is C1=Cc2c3c([te]c2=N1)=CC=N3. The maximum absolute atomic E-state index is 4.30. The van der Waals surface area contributed by atoms with Crippen LogP contribution < -0.4 is 6.61 Å². The molecule has 2 aliphatic heterocycles. The molecule has 1 aromatic rings. The van der Waals surface area contributed by atoms with Gasteiger partial charge in [-0.2, -0.15) is 0 Å². The van der Waals surface area contributed by atoms with Gasteiger partial charge in [0, 0.05) is 0 Å². The van der Waals surface area contributed by atoms with Gasteiger partial charge in [0.15, 0.2) is 0 Å². The Kier molecular flexibility index (Phi) is 1.04. The fourth-order valence-electron chi connectivity index (χ4n) is 1.29. The van der Waals surface area contributed by atoms with Crippen molar-refractivity contribution in [2.75, 3.05) is 0 Å². The second kappa shape index (κ2) is 1.94. The van der Waals surface area contributed by atoms with Crippen molar-refractivity contribution in [3.05, 3.63) is 18.4 Å². The molecule has 0 saturated heterocycles. The minimum atomic E-state index is -0.171. The molecule has 3 heterocycles. The summed E-state index contributed by atoms with van der Waals surface area (Å²) in [6, 6.07) is 0. The third-order valence-electron chi connectivity index (χ3n) is 1.79. The van der Waals surface area contributed by atoms with Crippen molar-refractivity contribution in [2.24, 2.45) is 9.98 Å². The van der Waals surface area contributed by atoms with Crippen molar-refractivity contribution in [2.45, 2.75) is 0 Å². The molecule has 52 valence electrons. The van der Waals surface area contributed by atoms with E-state index in [1.807, 2.05) is 12.4 Å². The zero-order valence-electron chi connectivity index (χ0n) is 5.61. The Labute approximate surface area is 72.9 Å². The summed E-state index contributed by atoms with van der Waals surface area (Å²) in [6.07, 6.45) is 7.97. The van der Waals surface area contributed by atoms with Crippen LogP contribution in [0.5, 0.6) is 0 Å². The molecule has 3 heteroatoms. The predicted octanol–water partition coefficient (Wildman–Crippen LogP) is -0.156. The van der Waals surface area contributed by atoms with Gasteiger partial charge >= 0.3 is 72.8 Å². The predicted molar refractivity (Wildman–Crippen MR) is 45.8 cm³/mol. The van der Waals surface area contributed by atoms with Gasteiger partial charge < -0.3 is 0 Å². The summed E-state index contributed by atoms with van der Waals surface area (Å²) < 4.78 is 2.77. The van der Waals surface area contributed by atoms with Crippen LogP contribution in [-0.2, 0) is 0 Å². The average molecular weight is 256 g/mol. The molecule has 0 fully saturated rings. The third-order valence-corrected chi connectivity index (χ3v) is 4.84. The van der Waals surface area contributed by atoms with Crippen molar-refractivity contribution >= 4 is 44.5 Å². The van der Waals surface area contributed by atoms with Crippen LogP contribution in [0.15, 0.2) is 16.2 Å². The van der Waals surface area contributed by atoms with Crippen LogP contribution in [0.4, 0.5) is 5.69 Å². The molecule has 0 spiro atoms. The molecule has 0 amide bonds. The van der Waals surface area contributed by atoms with Crippen molar-refractivity contribution in [1.29, 1.82) is 0 Å². The molecule has 1 aromatic heterocycles. The number of hydrogen-bond donors (Lipinski definition) is 0. The van der Waals surface area contributed by atoms with E-state index >= 15 is 0 Å². The molecule has 0 atom stereocenters. The number of rotatable bonds is 0. The van der Waals surface area contributed by atoms with E-state index in [1.165, 1.54) is 17.9 Å². The van der Waals surface area contributed by atoms with Crippen molar-refractivity contribution in [1.82, 2.24) is 0 Å². The van der Waals surface area contributed by atoms with E-state index in [0.29, 0.717) is 0 Å². The quantitative estimate of drug-likeness (QED) is 0.576. The topological polar surface area (TPSA) is 24.7 Å². The monoisotopic (exact) mass is 258 g/mol. The van der Waals surface area contributed by atoms with Crippen LogP contribution in [0.3, 0.4) is 0 Å². The molecule has 0 saturated carbocycles. The van der Waals surface area contributed by atoms with Crippen LogP contribution in [-0.4, -0.2) is 26.6 Å². The fourth-order valence-corrected chi connectivity index (χ4v) is 4.10. The Bertz CT molecular complexity index is 446. The zero-order valence-corrected chi connectivity index (χ0v) is 7.94. The zero-order chi connectivity index (χ0) is 7.26. The van der Waals surface area contributed by atoms with Gasteiger partial charge in [0.05, 0.1) is 0 Å². The first kappa shape index (κ1) is 5.93. The molecule has 0 aliphatic carbocycles. The minimum absolute atomic E-state index is 0.171. The van der Waals surface area contributed by atoms with Crippen molar-refractivity contribution in [3.8, 4) is 0 Å². The van der Waals surface area contributed by atoms with E-state index in [-0.39, 0.29) is 20.4 Å². The Morgan fingerprint density at radius 2 is 2.36 bits per heavy atom. The molecule has 0 aromatic carbocycles. The Morgan fingerprint density at radius 1 is 1.36 bits per heavy atom. The number of nitrogens with zero attached hydrogens (tertiary/aromatic N) is 2. The molecular formula is C8H4N2Te. The van der Waals surface area contributed by atoms with Gasteiger partial charge in [-0.05, 0) is 0 Å². The Hall–Kier alpha value is -0.650. The summed E-state index contributed by atoms with van der Waals surface area (Å²) in [7, 11) is 0. The Morgan fingerprint density at radius 3 is 3.36 bits per heavy atom. The van der Waals surface area contributed by atoms with E-state index in [0.717, 1.165) is 0 Å². The van der Waals surface area contributed by atoms with E-state index in [2.05, 4.69) is 22.1 Å². The van der Waals surface area contributed by atoms with Gasteiger partial charge in [-0.15, -0.1) is 0 Å². The number of fused-ring (bicyclic) bond motifs is 3. The first-order chi connectivity index (χ1) is 5.45.